The number of hydrogen-bond acceptors (Lipinski definition) is 12. The average Bonchev–Trinajstić information content (AvgIpc) is 2.91. The number of ether oxygens (including phenoxy) is 8. The molecular weight excluding hydrogens is 506 g/mol. The SMILES string of the molecule is Nc1ccccc1OCCOCCOCCOCCOCCOCCOCCOC(=O)CCC(=O)C(=O)O. The molecule has 0 atom stereocenters. The summed E-state index contributed by atoms with van der Waals surface area (Å²) in [5.74, 6) is -2.58. The van der Waals surface area contributed by atoms with Gasteiger partial charge >= 0.3 is 11.9 Å². The van der Waals surface area contributed by atoms with Crippen LogP contribution in [0.1, 0.15) is 12.8 Å². The summed E-state index contributed by atoms with van der Waals surface area (Å²) in [6.45, 7) is 5.31. The molecule has 0 saturated heterocycles. The summed E-state index contributed by atoms with van der Waals surface area (Å²) in [7, 11) is 0. The molecule has 1 rings (SSSR count). The average molecular weight is 546 g/mol. The van der Waals surface area contributed by atoms with Crippen molar-refractivity contribution >= 4 is 23.4 Å². The van der Waals surface area contributed by atoms with E-state index >= 15 is 0 Å². The number of carboxylic acid groups (broad SMARTS) is 1. The van der Waals surface area contributed by atoms with E-state index in [1.165, 1.54) is 0 Å². The Labute approximate surface area is 222 Å². The predicted molar refractivity (Wildman–Crippen MR) is 134 cm³/mol. The third kappa shape index (κ3) is 19.3. The van der Waals surface area contributed by atoms with E-state index in [0.717, 1.165) is 0 Å². The number of esters is 1. The summed E-state index contributed by atoms with van der Waals surface area (Å²) in [4.78, 5) is 32.5. The third-order valence-corrected chi connectivity index (χ3v) is 4.55. The van der Waals surface area contributed by atoms with Gasteiger partial charge < -0.3 is 48.7 Å². The molecule has 0 aliphatic heterocycles. The number of aliphatic carboxylic acids is 1. The highest BCUT2D eigenvalue weighted by Gasteiger charge is 2.14. The zero-order chi connectivity index (χ0) is 27.7. The molecule has 0 fully saturated rings. The van der Waals surface area contributed by atoms with Gasteiger partial charge in [-0.05, 0) is 12.1 Å². The van der Waals surface area contributed by atoms with E-state index in [0.29, 0.717) is 90.7 Å². The molecule has 1 aromatic carbocycles. The van der Waals surface area contributed by atoms with Crippen LogP contribution in [-0.4, -0.2) is 115 Å². The van der Waals surface area contributed by atoms with Crippen molar-refractivity contribution < 1.29 is 57.4 Å². The maximum atomic E-state index is 11.3. The number of nitrogen functional groups attached to an aromatic ring is 1. The first-order chi connectivity index (χ1) is 18.5. The van der Waals surface area contributed by atoms with E-state index < -0.39 is 17.7 Å². The molecule has 13 nitrogen and oxygen atoms in total. The van der Waals surface area contributed by atoms with Crippen molar-refractivity contribution in [3.63, 3.8) is 0 Å². The molecule has 13 heteroatoms. The van der Waals surface area contributed by atoms with Crippen LogP contribution < -0.4 is 10.5 Å². The summed E-state index contributed by atoms with van der Waals surface area (Å²) in [5, 5.41) is 8.42. The fraction of sp³-hybridized carbons (Fsp3) is 0.640. The van der Waals surface area contributed by atoms with E-state index in [4.69, 9.17) is 48.7 Å². The highest BCUT2D eigenvalue weighted by Crippen LogP contribution is 2.19. The lowest BCUT2D eigenvalue weighted by molar-refractivity contribution is -0.151. The number of para-hydroxylation sites is 2. The maximum Gasteiger partial charge on any atom is 0.372 e. The van der Waals surface area contributed by atoms with Crippen LogP contribution in [0.4, 0.5) is 5.69 Å². The smallest absolute Gasteiger partial charge is 0.372 e. The highest BCUT2D eigenvalue weighted by atomic mass is 16.6. The van der Waals surface area contributed by atoms with Crippen molar-refractivity contribution in [2.75, 3.05) is 98.2 Å². The fourth-order valence-electron chi connectivity index (χ4n) is 2.63. The first-order valence-corrected chi connectivity index (χ1v) is 12.4. The number of carboxylic acids is 1. The molecule has 0 spiro atoms. The van der Waals surface area contributed by atoms with Gasteiger partial charge in [0, 0.05) is 6.42 Å². The van der Waals surface area contributed by atoms with Gasteiger partial charge in [0.25, 0.3) is 0 Å². The molecule has 0 saturated carbocycles. The molecule has 0 amide bonds. The zero-order valence-electron chi connectivity index (χ0n) is 21.6. The summed E-state index contributed by atoms with van der Waals surface area (Å²) in [6, 6.07) is 7.31. The van der Waals surface area contributed by atoms with E-state index in [1.54, 1.807) is 6.07 Å². The summed E-state index contributed by atoms with van der Waals surface area (Å²) in [6.07, 6.45) is -0.655. The molecule has 38 heavy (non-hydrogen) atoms. The zero-order valence-corrected chi connectivity index (χ0v) is 21.6. The van der Waals surface area contributed by atoms with Crippen LogP contribution in [0.3, 0.4) is 0 Å². The highest BCUT2D eigenvalue weighted by molar-refractivity contribution is 6.32. The minimum absolute atomic E-state index is 0.0168. The summed E-state index contributed by atoms with van der Waals surface area (Å²) in [5.41, 5.74) is 6.39. The Kier molecular flexibility index (Phi) is 20.4. The molecule has 0 radical (unpaired) electrons. The molecule has 0 bridgehead atoms. The van der Waals surface area contributed by atoms with E-state index in [9.17, 15) is 14.4 Å². The third-order valence-electron chi connectivity index (χ3n) is 4.55. The standard InChI is InChI=1S/C25H39NO12/c26-21-3-1-2-4-23(21)37-19-17-35-15-13-33-11-9-31-7-8-32-10-12-34-14-16-36-18-20-38-24(28)6-5-22(27)25(29)30/h1-4H,5-20,26H2,(H,29,30). The van der Waals surface area contributed by atoms with Gasteiger partial charge in [-0.15, -0.1) is 0 Å². The molecule has 0 aliphatic rings. The van der Waals surface area contributed by atoms with Gasteiger partial charge in [-0.25, -0.2) is 4.79 Å². The Morgan fingerprint density at radius 3 is 1.47 bits per heavy atom. The van der Waals surface area contributed by atoms with Crippen LogP contribution in [0.15, 0.2) is 24.3 Å². The van der Waals surface area contributed by atoms with Crippen LogP contribution in [-0.2, 0) is 47.5 Å². The van der Waals surface area contributed by atoms with Crippen molar-refractivity contribution in [2.45, 2.75) is 12.8 Å². The lowest BCUT2D eigenvalue weighted by Gasteiger charge is -2.09. The predicted octanol–water partition coefficient (Wildman–Crippen LogP) is 0.724. The van der Waals surface area contributed by atoms with Crippen LogP contribution in [0.25, 0.3) is 0 Å². The molecule has 0 unspecified atom stereocenters. The molecule has 0 aliphatic carbocycles. The second-order valence-electron chi connectivity index (χ2n) is 7.51. The largest absolute Gasteiger partial charge is 0.489 e. The Morgan fingerprint density at radius 1 is 0.605 bits per heavy atom. The van der Waals surface area contributed by atoms with Crippen molar-refractivity contribution in [2.24, 2.45) is 0 Å². The normalized spacial score (nSPS) is 10.8. The monoisotopic (exact) mass is 545 g/mol. The van der Waals surface area contributed by atoms with E-state index in [2.05, 4.69) is 0 Å². The van der Waals surface area contributed by atoms with Crippen molar-refractivity contribution in [3.8, 4) is 5.75 Å². The number of anilines is 1. The van der Waals surface area contributed by atoms with Crippen LogP contribution in [0.5, 0.6) is 5.75 Å². The quantitative estimate of drug-likeness (QED) is 0.0723. The lowest BCUT2D eigenvalue weighted by Crippen LogP contribution is -2.17. The number of rotatable bonds is 26. The Hall–Kier alpha value is -2.81. The van der Waals surface area contributed by atoms with Crippen LogP contribution in [0.2, 0.25) is 0 Å². The van der Waals surface area contributed by atoms with Gasteiger partial charge in [-0.1, -0.05) is 12.1 Å². The minimum Gasteiger partial charge on any atom is -0.489 e. The Bertz CT molecular complexity index is 776. The Balaban J connectivity index is 1.71. The molecule has 0 heterocycles. The number of benzene rings is 1. The lowest BCUT2D eigenvalue weighted by atomic mass is 10.2. The number of Topliss-reactive ketones (excluding diaryl/α,β-unsaturated/α-hetero) is 1. The van der Waals surface area contributed by atoms with Gasteiger partial charge in [0.05, 0.1) is 91.4 Å². The van der Waals surface area contributed by atoms with Crippen molar-refractivity contribution in [1.82, 2.24) is 0 Å². The van der Waals surface area contributed by atoms with Crippen molar-refractivity contribution in [3.05, 3.63) is 24.3 Å². The minimum atomic E-state index is -1.56. The number of nitrogens with two attached hydrogens (primary N) is 1. The maximum absolute atomic E-state index is 11.3. The fourth-order valence-corrected chi connectivity index (χ4v) is 2.63. The van der Waals surface area contributed by atoms with Crippen LogP contribution in [0, 0.1) is 0 Å². The number of carbonyl (C=O) groups is 3. The number of hydrogen-bond donors (Lipinski definition) is 2. The van der Waals surface area contributed by atoms with Gasteiger partial charge in [0.2, 0.25) is 5.78 Å². The topological polar surface area (TPSA) is 171 Å². The van der Waals surface area contributed by atoms with E-state index in [-0.39, 0.29) is 26.1 Å². The second-order valence-corrected chi connectivity index (χ2v) is 7.51. The molecule has 3 N–H and O–H groups in total. The van der Waals surface area contributed by atoms with Gasteiger partial charge in [0.15, 0.2) is 0 Å². The molecule has 1 aromatic rings. The van der Waals surface area contributed by atoms with Gasteiger partial charge in [0.1, 0.15) is 19.0 Å². The summed E-state index contributed by atoms with van der Waals surface area (Å²) < 4.78 is 42.6. The Morgan fingerprint density at radius 2 is 1.03 bits per heavy atom. The first kappa shape index (κ1) is 33.2. The van der Waals surface area contributed by atoms with Crippen LogP contribution >= 0.6 is 0 Å². The first-order valence-electron chi connectivity index (χ1n) is 12.4. The van der Waals surface area contributed by atoms with E-state index in [1.807, 2.05) is 18.2 Å². The molecular formula is C25H39NO12. The van der Waals surface area contributed by atoms with Gasteiger partial charge in [-0.3, -0.25) is 9.59 Å². The summed E-state index contributed by atoms with van der Waals surface area (Å²) >= 11 is 0. The van der Waals surface area contributed by atoms with Crippen molar-refractivity contribution in [1.29, 1.82) is 0 Å². The number of carbonyl (C=O) groups excluding carboxylic acids is 2. The number of ketones is 1. The second kappa shape index (κ2) is 23.3. The molecule has 216 valence electrons. The van der Waals surface area contributed by atoms with Gasteiger partial charge in [-0.2, -0.15) is 0 Å². The molecule has 0 aromatic heterocycles.